The molecule has 5 heteroatoms. The number of anilines is 1. The number of nitriles is 1. The SMILES string of the molecule is CC(C)c1ccc(NC(=O)[C@H](C)OC(=O)c2cccc(C#N)c2)cc1. The summed E-state index contributed by atoms with van der Waals surface area (Å²) in [5.41, 5.74) is 2.41. The smallest absolute Gasteiger partial charge is 0.338 e. The van der Waals surface area contributed by atoms with Gasteiger partial charge in [0.25, 0.3) is 5.91 Å². The van der Waals surface area contributed by atoms with Gasteiger partial charge in [-0.1, -0.05) is 32.0 Å². The standard InChI is InChI=1S/C20H20N2O3/c1-13(2)16-7-9-18(10-8-16)22-19(23)14(3)25-20(24)17-6-4-5-15(11-17)12-21/h4-11,13-14H,1-3H3,(H,22,23)/t14-/m0/s1. The molecule has 0 unspecified atom stereocenters. The number of ether oxygens (including phenoxy) is 1. The van der Waals surface area contributed by atoms with Gasteiger partial charge in [0.05, 0.1) is 17.2 Å². The Bertz CT molecular complexity index is 804. The molecule has 1 amide bonds. The lowest BCUT2D eigenvalue weighted by molar-refractivity contribution is -0.123. The van der Waals surface area contributed by atoms with Crippen LogP contribution in [0.25, 0.3) is 0 Å². The van der Waals surface area contributed by atoms with Gasteiger partial charge in [-0.25, -0.2) is 4.79 Å². The second kappa shape index (κ2) is 8.11. The van der Waals surface area contributed by atoms with Gasteiger partial charge in [-0.3, -0.25) is 4.79 Å². The monoisotopic (exact) mass is 336 g/mol. The van der Waals surface area contributed by atoms with E-state index in [1.54, 1.807) is 18.2 Å². The number of benzene rings is 2. The van der Waals surface area contributed by atoms with Gasteiger partial charge in [-0.05, 0) is 48.7 Å². The minimum absolute atomic E-state index is 0.236. The van der Waals surface area contributed by atoms with E-state index in [0.717, 1.165) is 0 Å². The Morgan fingerprint density at radius 2 is 1.76 bits per heavy atom. The van der Waals surface area contributed by atoms with E-state index in [1.807, 2.05) is 30.3 Å². The predicted octanol–water partition coefficient (Wildman–Crippen LogP) is 3.87. The van der Waals surface area contributed by atoms with Crippen LogP contribution >= 0.6 is 0 Å². The molecule has 0 aromatic heterocycles. The third kappa shape index (κ3) is 4.92. The van der Waals surface area contributed by atoms with Crippen LogP contribution in [0, 0.1) is 11.3 Å². The highest BCUT2D eigenvalue weighted by Crippen LogP contribution is 2.17. The molecular weight excluding hydrogens is 316 g/mol. The summed E-state index contributed by atoms with van der Waals surface area (Å²) in [5, 5.41) is 11.6. The van der Waals surface area contributed by atoms with Crippen molar-refractivity contribution in [3.8, 4) is 6.07 Å². The molecule has 0 spiro atoms. The topological polar surface area (TPSA) is 79.2 Å². The third-order valence-corrected chi connectivity index (χ3v) is 3.73. The summed E-state index contributed by atoms with van der Waals surface area (Å²) < 4.78 is 5.17. The molecule has 0 radical (unpaired) electrons. The average molecular weight is 336 g/mol. The van der Waals surface area contributed by atoms with Crippen LogP contribution in [0.4, 0.5) is 5.69 Å². The van der Waals surface area contributed by atoms with Gasteiger partial charge in [-0.2, -0.15) is 5.26 Å². The second-order valence-corrected chi connectivity index (χ2v) is 6.01. The van der Waals surface area contributed by atoms with Crippen molar-refractivity contribution in [3.63, 3.8) is 0 Å². The van der Waals surface area contributed by atoms with E-state index in [9.17, 15) is 9.59 Å². The summed E-state index contributed by atoms with van der Waals surface area (Å²) in [7, 11) is 0. The molecule has 0 saturated carbocycles. The van der Waals surface area contributed by atoms with Crippen molar-refractivity contribution >= 4 is 17.6 Å². The van der Waals surface area contributed by atoms with E-state index < -0.39 is 18.0 Å². The highest BCUT2D eigenvalue weighted by molar-refractivity contribution is 5.97. The van der Waals surface area contributed by atoms with Crippen LogP contribution in [-0.2, 0) is 9.53 Å². The predicted molar refractivity (Wildman–Crippen MR) is 95.2 cm³/mol. The first-order valence-corrected chi connectivity index (χ1v) is 8.02. The number of esters is 1. The zero-order valence-corrected chi connectivity index (χ0v) is 14.4. The van der Waals surface area contributed by atoms with E-state index in [4.69, 9.17) is 10.00 Å². The van der Waals surface area contributed by atoms with Crippen molar-refractivity contribution in [2.24, 2.45) is 0 Å². The Labute approximate surface area is 147 Å². The van der Waals surface area contributed by atoms with Crippen molar-refractivity contribution in [2.45, 2.75) is 32.8 Å². The number of nitrogens with one attached hydrogen (secondary N) is 1. The Balaban J connectivity index is 1.97. The molecule has 25 heavy (non-hydrogen) atoms. The van der Waals surface area contributed by atoms with E-state index in [0.29, 0.717) is 17.2 Å². The number of hydrogen-bond donors (Lipinski definition) is 1. The largest absolute Gasteiger partial charge is 0.449 e. The van der Waals surface area contributed by atoms with E-state index >= 15 is 0 Å². The van der Waals surface area contributed by atoms with Crippen molar-refractivity contribution < 1.29 is 14.3 Å². The Hall–Kier alpha value is -3.13. The lowest BCUT2D eigenvalue weighted by atomic mass is 10.0. The summed E-state index contributed by atoms with van der Waals surface area (Å²) in [6, 6.07) is 15.6. The van der Waals surface area contributed by atoms with Crippen molar-refractivity contribution in [3.05, 3.63) is 65.2 Å². The molecular formula is C20H20N2O3. The van der Waals surface area contributed by atoms with E-state index in [1.165, 1.54) is 18.6 Å². The maximum Gasteiger partial charge on any atom is 0.338 e. The zero-order chi connectivity index (χ0) is 18.4. The van der Waals surface area contributed by atoms with E-state index in [-0.39, 0.29) is 5.56 Å². The first kappa shape index (κ1) is 18.2. The van der Waals surface area contributed by atoms with Crippen molar-refractivity contribution in [1.82, 2.24) is 0 Å². The number of carbonyl (C=O) groups excluding carboxylic acids is 2. The highest BCUT2D eigenvalue weighted by Gasteiger charge is 2.19. The lowest BCUT2D eigenvalue weighted by Crippen LogP contribution is -2.30. The normalized spacial score (nSPS) is 11.5. The molecule has 2 aromatic carbocycles. The fourth-order valence-corrected chi connectivity index (χ4v) is 2.19. The first-order valence-electron chi connectivity index (χ1n) is 8.02. The molecule has 0 aliphatic rings. The minimum atomic E-state index is -0.956. The van der Waals surface area contributed by atoms with Gasteiger partial charge in [0.1, 0.15) is 0 Å². The molecule has 0 bridgehead atoms. The number of hydrogen-bond acceptors (Lipinski definition) is 4. The van der Waals surface area contributed by atoms with Crippen LogP contribution < -0.4 is 5.32 Å². The van der Waals surface area contributed by atoms with Gasteiger partial charge in [0, 0.05) is 5.69 Å². The molecule has 1 N–H and O–H groups in total. The van der Waals surface area contributed by atoms with Gasteiger partial charge >= 0.3 is 5.97 Å². The van der Waals surface area contributed by atoms with Crippen molar-refractivity contribution in [2.75, 3.05) is 5.32 Å². The van der Waals surface area contributed by atoms with Gasteiger partial charge in [0.15, 0.2) is 6.10 Å². The maximum atomic E-state index is 12.2. The summed E-state index contributed by atoms with van der Waals surface area (Å²) in [4.78, 5) is 24.3. The molecule has 5 nitrogen and oxygen atoms in total. The number of amides is 1. The second-order valence-electron chi connectivity index (χ2n) is 6.01. The van der Waals surface area contributed by atoms with Gasteiger partial charge < -0.3 is 10.1 Å². The number of carbonyl (C=O) groups is 2. The van der Waals surface area contributed by atoms with Crippen LogP contribution in [-0.4, -0.2) is 18.0 Å². The molecule has 128 valence electrons. The Kier molecular flexibility index (Phi) is 5.91. The lowest BCUT2D eigenvalue weighted by Gasteiger charge is -2.14. The fraction of sp³-hybridized carbons (Fsp3) is 0.250. The molecule has 0 aliphatic carbocycles. The zero-order valence-electron chi connectivity index (χ0n) is 14.4. The maximum absolute atomic E-state index is 12.2. The van der Waals surface area contributed by atoms with Crippen molar-refractivity contribution in [1.29, 1.82) is 5.26 Å². The van der Waals surface area contributed by atoms with Crippen LogP contribution in [0.2, 0.25) is 0 Å². The van der Waals surface area contributed by atoms with E-state index in [2.05, 4.69) is 19.2 Å². The number of rotatable bonds is 5. The fourth-order valence-electron chi connectivity index (χ4n) is 2.19. The van der Waals surface area contributed by atoms with Crippen LogP contribution in [0.3, 0.4) is 0 Å². The Morgan fingerprint density at radius 3 is 2.36 bits per heavy atom. The first-order chi connectivity index (χ1) is 11.9. The minimum Gasteiger partial charge on any atom is -0.449 e. The summed E-state index contributed by atoms with van der Waals surface area (Å²) in [5.74, 6) is -0.647. The molecule has 1 atom stereocenters. The summed E-state index contributed by atoms with van der Waals surface area (Å²) >= 11 is 0. The van der Waals surface area contributed by atoms with Gasteiger partial charge in [-0.15, -0.1) is 0 Å². The third-order valence-electron chi connectivity index (χ3n) is 3.73. The van der Waals surface area contributed by atoms with Crippen LogP contribution in [0.1, 0.15) is 48.2 Å². The molecule has 2 rings (SSSR count). The molecule has 0 fully saturated rings. The average Bonchev–Trinajstić information content (AvgIpc) is 2.62. The quantitative estimate of drug-likeness (QED) is 0.841. The molecule has 0 saturated heterocycles. The van der Waals surface area contributed by atoms with Crippen LogP contribution in [0.5, 0.6) is 0 Å². The Morgan fingerprint density at radius 1 is 1.08 bits per heavy atom. The number of nitrogens with zero attached hydrogens (tertiary/aromatic N) is 1. The molecule has 2 aromatic rings. The molecule has 0 aliphatic heterocycles. The van der Waals surface area contributed by atoms with Crippen LogP contribution in [0.15, 0.2) is 48.5 Å². The van der Waals surface area contributed by atoms with Gasteiger partial charge in [0.2, 0.25) is 0 Å². The molecule has 0 heterocycles. The highest BCUT2D eigenvalue weighted by atomic mass is 16.5. The summed E-state index contributed by atoms with van der Waals surface area (Å²) in [6.45, 7) is 5.69. The summed E-state index contributed by atoms with van der Waals surface area (Å²) in [6.07, 6.45) is -0.956.